The summed E-state index contributed by atoms with van der Waals surface area (Å²) in [5.74, 6) is -2.41. The van der Waals surface area contributed by atoms with Crippen molar-refractivity contribution in [3.05, 3.63) is 29.6 Å². The molecule has 2 N–H and O–H groups in total. The number of carbonyl (C=O) groups excluding carboxylic acids is 2. The van der Waals surface area contributed by atoms with Crippen LogP contribution in [0.15, 0.2) is 18.2 Å². The number of carboxylic acids is 1. The number of Topliss-reactive ketones (excluding diaryl/α,β-unsaturated/α-hetero) is 1. The highest BCUT2D eigenvalue weighted by atomic mass is 19.1. The van der Waals surface area contributed by atoms with E-state index in [4.69, 9.17) is 9.84 Å². The van der Waals surface area contributed by atoms with E-state index in [1.165, 1.54) is 19.2 Å². The first-order valence-corrected chi connectivity index (χ1v) is 6.29. The van der Waals surface area contributed by atoms with Crippen molar-refractivity contribution in [1.29, 1.82) is 0 Å². The van der Waals surface area contributed by atoms with Gasteiger partial charge in [-0.3, -0.25) is 14.4 Å². The number of nitrogens with one attached hydrogen (secondary N) is 1. The Labute approximate surface area is 120 Å². The second-order valence-corrected chi connectivity index (χ2v) is 4.27. The average molecular weight is 297 g/mol. The van der Waals surface area contributed by atoms with E-state index in [-0.39, 0.29) is 42.9 Å². The highest BCUT2D eigenvalue weighted by molar-refractivity contribution is 5.98. The molecule has 1 rings (SSSR count). The minimum Gasteiger partial charge on any atom is -0.494 e. The van der Waals surface area contributed by atoms with E-state index in [2.05, 4.69) is 5.32 Å². The van der Waals surface area contributed by atoms with Gasteiger partial charge in [-0.25, -0.2) is 4.39 Å². The molecule has 0 saturated heterocycles. The van der Waals surface area contributed by atoms with Crippen LogP contribution in [0.2, 0.25) is 0 Å². The highest BCUT2D eigenvalue weighted by Gasteiger charge is 2.12. The second kappa shape index (κ2) is 7.98. The predicted molar refractivity (Wildman–Crippen MR) is 71.8 cm³/mol. The van der Waals surface area contributed by atoms with Crippen LogP contribution in [0.25, 0.3) is 0 Å². The number of amides is 1. The highest BCUT2D eigenvalue weighted by Crippen LogP contribution is 2.18. The van der Waals surface area contributed by atoms with Crippen molar-refractivity contribution >= 4 is 17.7 Å². The third-order valence-electron chi connectivity index (χ3n) is 2.71. The zero-order valence-corrected chi connectivity index (χ0v) is 11.5. The minimum atomic E-state index is -1.01. The Morgan fingerprint density at radius 1 is 1.24 bits per heavy atom. The maximum atomic E-state index is 13.4. The summed E-state index contributed by atoms with van der Waals surface area (Å²) in [7, 11) is 1.32. The lowest BCUT2D eigenvalue weighted by molar-refractivity contribution is -0.136. The van der Waals surface area contributed by atoms with Crippen molar-refractivity contribution in [3.63, 3.8) is 0 Å². The maximum absolute atomic E-state index is 13.4. The number of carbonyl (C=O) groups is 3. The van der Waals surface area contributed by atoms with Gasteiger partial charge in [0.2, 0.25) is 5.91 Å². The third-order valence-corrected chi connectivity index (χ3v) is 2.71. The van der Waals surface area contributed by atoms with Gasteiger partial charge in [0.05, 0.1) is 13.5 Å². The molecule has 7 heteroatoms. The van der Waals surface area contributed by atoms with E-state index in [1.54, 1.807) is 0 Å². The van der Waals surface area contributed by atoms with Gasteiger partial charge in [0.15, 0.2) is 17.3 Å². The fourth-order valence-electron chi connectivity index (χ4n) is 1.61. The molecule has 1 aromatic carbocycles. The molecular weight excluding hydrogens is 281 g/mol. The summed E-state index contributed by atoms with van der Waals surface area (Å²) < 4.78 is 18.2. The minimum absolute atomic E-state index is 0.0134. The van der Waals surface area contributed by atoms with Crippen LogP contribution < -0.4 is 10.1 Å². The number of benzene rings is 1. The van der Waals surface area contributed by atoms with Gasteiger partial charge in [-0.1, -0.05) is 0 Å². The summed E-state index contributed by atoms with van der Waals surface area (Å²) >= 11 is 0. The molecule has 0 aliphatic carbocycles. The van der Waals surface area contributed by atoms with Crippen LogP contribution in [0, 0.1) is 5.82 Å². The Morgan fingerprint density at radius 2 is 1.95 bits per heavy atom. The summed E-state index contributed by atoms with van der Waals surface area (Å²) in [5.41, 5.74) is 0.159. The van der Waals surface area contributed by atoms with Crippen molar-refractivity contribution in [1.82, 2.24) is 5.32 Å². The predicted octanol–water partition coefficient (Wildman–Crippen LogP) is 1.39. The third kappa shape index (κ3) is 5.60. The number of aliphatic carboxylic acids is 1. The van der Waals surface area contributed by atoms with Crippen molar-refractivity contribution in [2.45, 2.75) is 19.3 Å². The maximum Gasteiger partial charge on any atom is 0.305 e. The van der Waals surface area contributed by atoms with Crippen LogP contribution in [0.4, 0.5) is 4.39 Å². The van der Waals surface area contributed by atoms with Crippen LogP contribution in [0.3, 0.4) is 0 Å². The van der Waals surface area contributed by atoms with E-state index < -0.39 is 17.7 Å². The Kier molecular flexibility index (Phi) is 6.32. The van der Waals surface area contributed by atoms with Crippen LogP contribution in [0.5, 0.6) is 5.75 Å². The topological polar surface area (TPSA) is 92.7 Å². The Bertz CT molecular complexity index is 544. The monoisotopic (exact) mass is 297 g/mol. The van der Waals surface area contributed by atoms with E-state index in [0.29, 0.717) is 0 Å². The van der Waals surface area contributed by atoms with Gasteiger partial charge in [0, 0.05) is 24.9 Å². The molecule has 0 spiro atoms. The lowest BCUT2D eigenvalue weighted by Gasteiger charge is -2.05. The van der Waals surface area contributed by atoms with Crippen molar-refractivity contribution in [2.24, 2.45) is 0 Å². The molecule has 6 nitrogen and oxygen atoms in total. The van der Waals surface area contributed by atoms with Crippen LogP contribution >= 0.6 is 0 Å². The van der Waals surface area contributed by atoms with Gasteiger partial charge < -0.3 is 15.2 Å². The van der Waals surface area contributed by atoms with Crippen molar-refractivity contribution in [2.75, 3.05) is 13.7 Å². The molecule has 0 saturated carbocycles. The van der Waals surface area contributed by atoms with Gasteiger partial charge in [0.25, 0.3) is 0 Å². The van der Waals surface area contributed by atoms with Crippen LogP contribution in [-0.4, -0.2) is 36.4 Å². The Balaban J connectivity index is 2.45. The molecule has 0 radical (unpaired) electrons. The van der Waals surface area contributed by atoms with E-state index in [0.717, 1.165) is 6.07 Å². The number of methoxy groups -OCH3 is 1. The first-order chi connectivity index (χ1) is 9.93. The summed E-state index contributed by atoms with van der Waals surface area (Å²) in [6.07, 6.45) is -0.333. The molecule has 1 aromatic rings. The summed E-state index contributed by atoms with van der Waals surface area (Å²) in [4.78, 5) is 33.4. The molecular formula is C14H16FNO5. The number of ether oxygens (including phenoxy) is 1. The number of halogens is 1. The lowest BCUT2D eigenvalue weighted by atomic mass is 10.1. The summed E-state index contributed by atoms with van der Waals surface area (Å²) in [5, 5.41) is 10.8. The average Bonchev–Trinajstić information content (AvgIpc) is 2.44. The quantitative estimate of drug-likeness (QED) is 0.707. The van der Waals surface area contributed by atoms with Gasteiger partial charge in [-0.05, 0) is 18.2 Å². The first kappa shape index (κ1) is 16.6. The van der Waals surface area contributed by atoms with Gasteiger partial charge >= 0.3 is 5.97 Å². The zero-order valence-electron chi connectivity index (χ0n) is 11.5. The van der Waals surface area contributed by atoms with E-state index in [9.17, 15) is 18.8 Å². The Hall–Kier alpha value is -2.44. The fourth-order valence-corrected chi connectivity index (χ4v) is 1.61. The van der Waals surface area contributed by atoms with E-state index >= 15 is 0 Å². The van der Waals surface area contributed by atoms with Crippen LogP contribution in [-0.2, 0) is 9.59 Å². The molecule has 0 fully saturated rings. The molecule has 114 valence electrons. The number of hydrogen-bond acceptors (Lipinski definition) is 4. The van der Waals surface area contributed by atoms with Crippen LogP contribution in [0.1, 0.15) is 29.6 Å². The van der Waals surface area contributed by atoms with Gasteiger partial charge in [0.1, 0.15) is 0 Å². The molecule has 0 atom stereocenters. The first-order valence-electron chi connectivity index (χ1n) is 6.29. The molecule has 0 aliphatic rings. The molecule has 21 heavy (non-hydrogen) atoms. The van der Waals surface area contributed by atoms with Gasteiger partial charge in [-0.15, -0.1) is 0 Å². The largest absolute Gasteiger partial charge is 0.494 e. The zero-order chi connectivity index (χ0) is 15.8. The van der Waals surface area contributed by atoms with Crippen molar-refractivity contribution < 1.29 is 28.6 Å². The number of carboxylic acid groups (broad SMARTS) is 1. The summed E-state index contributed by atoms with van der Waals surface area (Å²) in [6, 6.07) is 3.82. The van der Waals surface area contributed by atoms with Crippen molar-refractivity contribution in [3.8, 4) is 5.75 Å². The normalized spacial score (nSPS) is 10.0. The summed E-state index contributed by atoms with van der Waals surface area (Å²) in [6.45, 7) is 0.0134. The number of hydrogen-bond donors (Lipinski definition) is 2. The molecule has 0 bridgehead atoms. The standard InChI is InChI=1S/C14H16FNO5/c1-21-12-4-2-9(8-10(12)15)11(17)3-5-13(18)16-7-6-14(19)20/h2,4,8H,3,5-7H2,1H3,(H,16,18)(H,19,20). The smallest absolute Gasteiger partial charge is 0.305 e. The molecule has 0 aliphatic heterocycles. The van der Waals surface area contributed by atoms with E-state index in [1.807, 2.05) is 0 Å². The second-order valence-electron chi connectivity index (χ2n) is 4.27. The fraction of sp³-hybridized carbons (Fsp3) is 0.357. The molecule has 1 amide bonds. The Morgan fingerprint density at radius 3 is 2.52 bits per heavy atom. The molecule has 0 heterocycles. The number of ketones is 1. The lowest BCUT2D eigenvalue weighted by Crippen LogP contribution is -2.26. The number of rotatable bonds is 8. The molecule has 0 aromatic heterocycles. The van der Waals surface area contributed by atoms with Gasteiger partial charge in [-0.2, -0.15) is 0 Å². The molecule has 0 unspecified atom stereocenters. The SMILES string of the molecule is COc1ccc(C(=O)CCC(=O)NCCC(=O)O)cc1F.